The number of hydrogen-bond donors (Lipinski definition) is 0. The van der Waals surface area contributed by atoms with Crippen molar-refractivity contribution < 1.29 is 21.8 Å². The molecule has 0 aromatic heterocycles. The Morgan fingerprint density at radius 3 is 1.44 bits per heavy atom. The van der Waals surface area contributed by atoms with E-state index in [1.54, 1.807) is 23.5 Å². The lowest BCUT2D eigenvalue weighted by Crippen LogP contribution is -2.23. The SMILES string of the molecule is CCCCCc1ccc(C)c(C(=O)OC)c1CSc1ccccc1.CCCCCc1ccc(C)c(C(=O)OCC[Si](C)(C)C)c1CSc1ccccc1.[3H]C.[3H]C. The van der Waals surface area contributed by atoms with Gasteiger partial charge in [0.1, 0.15) is 0 Å². The van der Waals surface area contributed by atoms with Crippen LogP contribution in [0, 0.1) is 13.8 Å². The molecule has 0 spiro atoms. The lowest BCUT2D eigenvalue weighted by Gasteiger charge is -2.19. The topological polar surface area (TPSA) is 52.6 Å². The van der Waals surface area contributed by atoms with Crippen molar-refractivity contribution >= 4 is 43.5 Å². The normalized spacial score (nSPS) is 10.9. The maximum absolute atomic E-state index is 13.0. The van der Waals surface area contributed by atoms with Crippen LogP contribution in [0.2, 0.25) is 25.7 Å². The molecule has 0 radical (unpaired) electrons. The summed E-state index contributed by atoms with van der Waals surface area (Å²) in [5.74, 6) is 1.21. The fraction of sp³-hybridized carbons (Fsp3) is 0.458. The number of ether oxygens (including phenoxy) is 2. The van der Waals surface area contributed by atoms with Crippen LogP contribution in [0.4, 0.5) is 0 Å². The van der Waals surface area contributed by atoms with Crippen molar-refractivity contribution in [1.82, 2.24) is 0 Å². The van der Waals surface area contributed by atoms with E-state index in [0.717, 1.165) is 76.6 Å². The Balaban J connectivity index is 0.000000532. The van der Waals surface area contributed by atoms with E-state index in [4.69, 9.17) is 12.2 Å². The monoisotopic (exact) mass is 806 g/mol. The largest absolute Gasteiger partial charge is 0.465 e. The summed E-state index contributed by atoms with van der Waals surface area (Å²) < 4.78 is 22.3. The second-order valence-corrected chi connectivity index (χ2v) is 22.6. The number of thioether (sulfide) groups is 2. The number of carbonyl (C=O) groups excluding carboxylic acids is 2. The van der Waals surface area contributed by atoms with Crippen molar-refractivity contribution in [1.29, 1.82) is 0 Å². The van der Waals surface area contributed by atoms with Gasteiger partial charge in [0.2, 0.25) is 0 Å². The van der Waals surface area contributed by atoms with Gasteiger partial charge in [0, 0.05) is 32.1 Å². The van der Waals surface area contributed by atoms with Gasteiger partial charge < -0.3 is 9.47 Å². The molecule has 0 saturated heterocycles. The zero-order valence-electron chi connectivity index (χ0n) is 37.5. The van der Waals surface area contributed by atoms with E-state index < -0.39 is 8.07 Å². The van der Waals surface area contributed by atoms with Gasteiger partial charge in [0.05, 0.1) is 24.8 Å². The van der Waals surface area contributed by atoms with Crippen molar-refractivity contribution in [3.63, 3.8) is 0 Å². The van der Waals surface area contributed by atoms with Crippen molar-refractivity contribution in [2.24, 2.45) is 0 Å². The van der Waals surface area contributed by atoms with Gasteiger partial charge in [0.25, 0.3) is 0 Å². The molecule has 0 fully saturated rings. The molecule has 4 nitrogen and oxygen atoms in total. The molecule has 0 N–H and O–H groups in total. The molecule has 0 unspecified atom stereocenters. The Labute approximate surface area is 347 Å². The molecule has 4 rings (SSSR count). The zero-order valence-corrected chi connectivity index (χ0v) is 38.2. The Kier molecular flexibility index (Phi) is 22.3. The first-order valence-corrected chi connectivity index (χ1v) is 25.0. The number of esters is 2. The highest BCUT2D eigenvalue weighted by Crippen LogP contribution is 2.31. The molecule has 0 atom stereocenters. The average molecular weight is 807 g/mol. The summed E-state index contributed by atoms with van der Waals surface area (Å²) >= 11 is 3.56. The molecule has 0 amide bonds. The van der Waals surface area contributed by atoms with Crippen LogP contribution in [-0.4, -0.2) is 33.7 Å². The molecule has 7 heteroatoms. The van der Waals surface area contributed by atoms with Gasteiger partial charge in [-0.05, 0) is 103 Å². The minimum absolute atomic E-state index is 0.151. The Morgan fingerprint density at radius 1 is 0.636 bits per heavy atom. The Bertz CT molecular complexity index is 1710. The van der Waals surface area contributed by atoms with E-state index in [-0.39, 0.29) is 11.9 Å². The van der Waals surface area contributed by atoms with Gasteiger partial charge in [-0.1, -0.05) is 135 Å². The van der Waals surface area contributed by atoms with Gasteiger partial charge in [-0.3, -0.25) is 0 Å². The van der Waals surface area contributed by atoms with Crippen LogP contribution in [0.5, 0.6) is 0 Å². The molecule has 0 saturated carbocycles. The number of rotatable bonds is 19. The van der Waals surface area contributed by atoms with E-state index >= 15 is 0 Å². The van der Waals surface area contributed by atoms with Gasteiger partial charge in [0.15, 0.2) is 0 Å². The predicted octanol–water partition coefficient (Wildman–Crippen LogP) is 14.6. The minimum Gasteiger partial charge on any atom is -0.465 e. The smallest absolute Gasteiger partial charge is 0.338 e. The van der Waals surface area contributed by atoms with Crippen LogP contribution in [0.1, 0.15) is 124 Å². The van der Waals surface area contributed by atoms with Crippen LogP contribution in [0.15, 0.2) is 94.7 Å². The molecule has 55 heavy (non-hydrogen) atoms. The van der Waals surface area contributed by atoms with Crippen LogP contribution in [0.3, 0.4) is 0 Å². The highest BCUT2D eigenvalue weighted by Gasteiger charge is 2.21. The Hall–Kier alpha value is -3.26. The number of unbranched alkanes of at least 4 members (excludes halogenated alkanes) is 4. The first-order valence-electron chi connectivity index (χ1n) is 21.3. The van der Waals surface area contributed by atoms with Crippen LogP contribution >= 0.6 is 23.5 Å². The molecular weight excluding hydrogens is 733 g/mol. The van der Waals surface area contributed by atoms with Gasteiger partial charge in [-0.2, -0.15) is 0 Å². The summed E-state index contributed by atoms with van der Waals surface area (Å²) in [4.78, 5) is 27.8. The van der Waals surface area contributed by atoms with Gasteiger partial charge >= 0.3 is 11.9 Å². The van der Waals surface area contributed by atoms with E-state index in [0.29, 0.717) is 6.61 Å². The van der Waals surface area contributed by atoms with Crippen LogP contribution in [0.25, 0.3) is 0 Å². The first kappa shape index (κ1) is 46.1. The minimum atomic E-state index is -1.23. The molecule has 0 bridgehead atoms. The fourth-order valence-corrected chi connectivity index (χ4v) is 8.78. The quantitative estimate of drug-likeness (QED) is 0.0407. The van der Waals surface area contributed by atoms with E-state index in [9.17, 15) is 9.59 Å². The summed E-state index contributed by atoms with van der Waals surface area (Å²) in [5.41, 5.74) is 8.41. The second kappa shape index (κ2) is 26.6. The number of benzene rings is 4. The molecule has 4 aromatic carbocycles. The molecule has 0 aliphatic carbocycles. The first-order chi connectivity index (χ1) is 27.5. The van der Waals surface area contributed by atoms with E-state index in [2.05, 4.69) is 88.1 Å². The number of aryl methyl sites for hydroxylation is 4. The predicted molar refractivity (Wildman–Crippen MR) is 244 cm³/mol. The standard InChI is InChI=1S/C25H36O2SSi.C21H26O2S.2CH4/c1-6-7-9-12-21-16-15-20(2)24(25(26)27-17-18-29(3,4)5)23(21)19-28-22-13-10-8-11-14-22;1-4-5-7-10-17-14-13-16(2)20(21(22)23-3)19(17)15-24-18-11-8-6-9-12-18;;/h8,10-11,13-16H,6-7,9,12,17-19H2,1-5H3;6,8-9,11-14H,4-5,7,10,15H2,1-3H3;2*1H4/i;;2*1T. The highest BCUT2D eigenvalue weighted by molar-refractivity contribution is 7.98. The fourth-order valence-electron chi connectivity index (χ4n) is 6.08. The lowest BCUT2D eigenvalue weighted by atomic mass is 9.94. The lowest BCUT2D eigenvalue weighted by molar-refractivity contribution is 0.0522. The van der Waals surface area contributed by atoms with Gasteiger partial charge in [-0.25, -0.2) is 9.59 Å². The molecular formula is C48H70O4S2Si. The number of hydrogen-bond acceptors (Lipinski definition) is 6. The number of methoxy groups -OCH3 is 1. The van der Waals surface area contributed by atoms with Crippen LogP contribution < -0.4 is 0 Å². The molecule has 0 aliphatic rings. The molecule has 302 valence electrons. The molecule has 0 heterocycles. The van der Waals surface area contributed by atoms with E-state index in [1.165, 1.54) is 68.5 Å². The summed E-state index contributed by atoms with van der Waals surface area (Å²) in [6, 6.07) is 30.3. The van der Waals surface area contributed by atoms with E-state index in [1.807, 2.05) is 44.2 Å². The zero-order chi connectivity index (χ0) is 42.6. The van der Waals surface area contributed by atoms with Crippen LogP contribution in [-0.2, 0) is 33.8 Å². The van der Waals surface area contributed by atoms with Crippen molar-refractivity contribution in [2.75, 3.05) is 13.7 Å². The third kappa shape index (κ3) is 17.2. The maximum atomic E-state index is 13.0. The summed E-state index contributed by atoms with van der Waals surface area (Å²) in [6.45, 7) is 15.9. The third-order valence-corrected chi connectivity index (χ3v) is 13.0. The highest BCUT2D eigenvalue weighted by atomic mass is 32.2. The molecule has 0 aliphatic heterocycles. The maximum Gasteiger partial charge on any atom is 0.338 e. The number of carbonyl (C=O) groups is 2. The van der Waals surface area contributed by atoms with Crippen molar-refractivity contribution in [2.45, 2.75) is 141 Å². The molecule has 4 aromatic rings. The van der Waals surface area contributed by atoms with Gasteiger partial charge in [-0.15, -0.1) is 23.5 Å². The summed E-state index contributed by atoms with van der Waals surface area (Å²) in [6.07, 6.45) is 9.18. The second-order valence-electron chi connectivity index (χ2n) is 14.8. The van der Waals surface area contributed by atoms with Crippen molar-refractivity contribution in [3.8, 4) is 0 Å². The Morgan fingerprint density at radius 2 is 1.05 bits per heavy atom. The van der Waals surface area contributed by atoms with Crippen molar-refractivity contribution in [3.05, 3.63) is 129 Å². The summed E-state index contributed by atoms with van der Waals surface area (Å²) in [7, 11) is 2.73. The average Bonchev–Trinajstić information content (AvgIpc) is 3.22. The summed E-state index contributed by atoms with van der Waals surface area (Å²) in [5, 5.41) is 0. The third-order valence-electron chi connectivity index (χ3n) is 9.27.